The van der Waals surface area contributed by atoms with Gasteiger partial charge in [0.15, 0.2) is 5.43 Å². The summed E-state index contributed by atoms with van der Waals surface area (Å²) in [5.41, 5.74) is 0.939. The maximum Gasteiger partial charge on any atom is 0.290 e. The number of halogens is 2. The van der Waals surface area contributed by atoms with E-state index in [9.17, 15) is 14.0 Å². The minimum absolute atomic E-state index is 0.0351. The van der Waals surface area contributed by atoms with Crippen LogP contribution in [-0.4, -0.2) is 42.9 Å². The van der Waals surface area contributed by atoms with Gasteiger partial charge in [0.05, 0.1) is 17.0 Å². The molecule has 1 amide bonds. The van der Waals surface area contributed by atoms with Crippen molar-refractivity contribution < 1.29 is 13.6 Å². The van der Waals surface area contributed by atoms with Crippen molar-refractivity contribution >= 4 is 28.5 Å². The van der Waals surface area contributed by atoms with Gasteiger partial charge < -0.3 is 14.2 Å². The van der Waals surface area contributed by atoms with Crippen molar-refractivity contribution in [2.75, 3.05) is 27.2 Å². The molecule has 7 heteroatoms. The van der Waals surface area contributed by atoms with E-state index in [-0.39, 0.29) is 28.5 Å². The predicted molar refractivity (Wildman–Crippen MR) is 105 cm³/mol. The van der Waals surface area contributed by atoms with Gasteiger partial charge in [-0.1, -0.05) is 23.7 Å². The number of likely N-dealkylation sites (N-methyl/N-ethyl adjacent to an activating group) is 1. The van der Waals surface area contributed by atoms with Gasteiger partial charge in [0.1, 0.15) is 11.4 Å². The first-order chi connectivity index (χ1) is 13.4. The Morgan fingerprint density at radius 3 is 2.54 bits per heavy atom. The van der Waals surface area contributed by atoms with Crippen molar-refractivity contribution in [1.29, 1.82) is 0 Å². The number of amides is 1. The lowest BCUT2D eigenvalue weighted by molar-refractivity contribution is 0.0716. The minimum atomic E-state index is -0.636. The molecular weight excluding hydrogens is 383 g/mol. The molecule has 1 unspecified atom stereocenters. The molecule has 2 heterocycles. The van der Waals surface area contributed by atoms with Crippen LogP contribution in [0.3, 0.4) is 0 Å². The van der Waals surface area contributed by atoms with Gasteiger partial charge in [0.2, 0.25) is 5.76 Å². The number of nitrogens with zero attached hydrogens (tertiary/aromatic N) is 2. The summed E-state index contributed by atoms with van der Waals surface area (Å²) in [6.45, 7) is 1.01. The highest BCUT2D eigenvalue weighted by molar-refractivity contribution is 6.31. The van der Waals surface area contributed by atoms with Crippen LogP contribution < -0.4 is 5.43 Å². The highest BCUT2D eigenvalue weighted by Crippen LogP contribution is 2.38. The van der Waals surface area contributed by atoms with Crippen LogP contribution in [0.25, 0.3) is 11.0 Å². The molecule has 0 aliphatic carbocycles. The molecule has 1 atom stereocenters. The topological polar surface area (TPSA) is 53.8 Å². The van der Waals surface area contributed by atoms with Crippen LogP contribution in [0.1, 0.15) is 27.7 Å². The van der Waals surface area contributed by atoms with E-state index in [0.717, 1.165) is 0 Å². The number of rotatable bonds is 4. The molecule has 3 aromatic rings. The van der Waals surface area contributed by atoms with Gasteiger partial charge in [0.25, 0.3) is 5.91 Å². The van der Waals surface area contributed by atoms with E-state index in [0.29, 0.717) is 34.6 Å². The lowest BCUT2D eigenvalue weighted by atomic mass is 9.98. The molecule has 4 rings (SSSR count). The number of fused-ring (bicyclic) bond motifs is 2. The Labute approximate surface area is 165 Å². The van der Waals surface area contributed by atoms with E-state index in [2.05, 4.69) is 0 Å². The van der Waals surface area contributed by atoms with Gasteiger partial charge in [-0.15, -0.1) is 0 Å². The van der Waals surface area contributed by atoms with Gasteiger partial charge in [0, 0.05) is 18.1 Å². The summed E-state index contributed by atoms with van der Waals surface area (Å²) in [5, 5.41) is 0.729. The normalized spacial score (nSPS) is 16.2. The first kappa shape index (κ1) is 18.7. The number of hydrogen-bond donors (Lipinski definition) is 0. The molecule has 1 aromatic heterocycles. The van der Waals surface area contributed by atoms with E-state index in [1.54, 1.807) is 29.2 Å². The molecule has 0 spiro atoms. The molecule has 1 aliphatic rings. The molecular formula is C21H18ClFN2O3. The molecule has 1 aliphatic heterocycles. The summed E-state index contributed by atoms with van der Waals surface area (Å²) in [5.74, 6) is -0.696. The molecule has 5 nitrogen and oxygen atoms in total. The van der Waals surface area contributed by atoms with Crippen molar-refractivity contribution in [3.05, 3.63) is 80.4 Å². The average Bonchev–Trinajstić information content (AvgIpc) is 2.94. The second-order valence-corrected chi connectivity index (χ2v) is 7.51. The maximum absolute atomic E-state index is 13.4. The van der Waals surface area contributed by atoms with Crippen molar-refractivity contribution in [2.45, 2.75) is 6.04 Å². The first-order valence-corrected chi connectivity index (χ1v) is 9.22. The summed E-state index contributed by atoms with van der Waals surface area (Å²) in [7, 11) is 3.81. The molecule has 28 heavy (non-hydrogen) atoms. The van der Waals surface area contributed by atoms with Crippen LogP contribution in [0.5, 0.6) is 0 Å². The lowest BCUT2D eigenvalue weighted by Gasteiger charge is -2.26. The zero-order valence-corrected chi connectivity index (χ0v) is 16.2. The van der Waals surface area contributed by atoms with E-state index >= 15 is 0 Å². The van der Waals surface area contributed by atoms with Crippen LogP contribution in [0, 0.1) is 5.82 Å². The summed E-state index contributed by atoms with van der Waals surface area (Å²) in [6, 6.07) is 9.92. The Morgan fingerprint density at radius 1 is 1.14 bits per heavy atom. The zero-order valence-electron chi connectivity index (χ0n) is 15.4. The highest BCUT2D eigenvalue weighted by atomic mass is 35.5. The number of carbonyl (C=O) groups excluding carboxylic acids is 1. The number of benzene rings is 2. The number of carbonyl (C=O) groups is 1. The van der Waals surface area contributed by atoms with Gasteiger partial charge in [-0.05, 0) is 50.0 Å². The molecule has 0 saturated heterocycles. The third-order valence-corrected chi connectivity index (χ3v) is 5.14. The molecule has 2 aromatic carbocycles. The summed E-state index contributed by atoms with van der Waals surface area (Å²) in [4.78, 5) is 29.9. The Kier molecular flexibility index (Phi) is 4.69. The minimum Gasteiger partial charge on any atom is -0.450 e. The smallest absolute Gasteiger partial charge is 0.290 e. The first-order valence-electron chi connectivity index (χ1n) is 8.84. The van der Waals surface area contributed by atoms with Crippen LogP contribution >= 0.6 is 11.6 Å². The van der Waals surface area contributed by atoms with Crippen LogP contribution in [-0.2, 0) is 0 Å². The van der Waals surface area contributed by atoms with E-state index in [1.807, 2.05) is 19.0 Å². The Hall–Kier alpha value is -2.70. The van der Waals surface area contributed by atoms with E-state index in [1.165, 1.54) is 18.2 Å². The van der Waals surface area contributed by atoms with Crippen molar-refractivity contribution in [1.82, 2.24) is 9.80 Å². The molecule has 144 valence electrons. The third-order valence-electron chi connectivity index (χ3n) is 4.90. The fourth-order valence-electron chi connectivity index (χ4n) is 3.52. The predicted octanol–water partition coefficient (Wildman–Crippen LogP) is 3.69. The van der Waals surface area contributed by atoms with Gasteiger partial charge >= 0.3 is 0 Å². The second-order valence-electron chi connectivity index (χ2n) is 7.07. The van der Waals surface area contributed by atoms with Gasteiger partial charge in [-0.2, -0.15) is 0 Å². The molecule has 0 bridgehead atoms. The second kappa shape index (κ2) is 7.04. The highest BCUT2D eigenvalue weighted by Gasteiger charge is 2.42. The molecule has 0 saturated carbocycles. The monoisotopic (exact) mass is 400 g/mol. The number of hydrogen-bond acceptors (Lipinski definition) is 4. The summed E-state index contributed by atoms with van der Waals surface area (Å²) in [6.07, 6.45) is 0. The summed E-state index contributed by atoms with van der Waals surface area (Å²) >= 11 is 6.05. The third kappa shape index (κ3) is 3.08. The van der Waals surface area contributed by atoms with Crippen molar-refractivity contribution in [3.63, 3.8) is 0 Å². The SMILES string of the molecule is CN(C)CCN1C(=O)c2oc3ccc(Cl)cc3c(=O)c2C1c1ccc(F)cc1. The fraction of sp³-hybridized carbons (Fsp3) is 0.238. The lowest BCUT2D eigenvalue weighted by Crippen LogP contribution is -2.35. The van der Waals surface area contributed by atoms with E-state index in [4.69, 9.17) is 16.0 Å². The molecule has 0 fully saturated rings. The van der Waals surface area contributed by atoms with Crippen LogP contribution in [0.15, 0.2) is 51.7 Å². The Morgan fingerprint density at radius 2 is 1.86 bits per heavy atom. The van der Waals surface area contributed by atoms with Crippen molar-refractivity contribution in [3.8, 4) is 0 Å². The summed E-state index contributed by atoms with van der Waals surface area (Å²) < 4.78 is 19.3. The quantitative estimate of drug-likeness (QED) is 0.670. The Bertz CT molecular complexity index is 1120. The molecule has 0 N–H and O–H groups in total. The molecule has 0 radical (unpaired) electrons. The largest absolute Gasteiger partial charge is 0.450 e. The average molecular weight is 401 g/mol. The zero-order chi connectivity index (χ0) is 20.0. The fourth-order valence-corrected chi connectivity index (χ4v) is 3.69. The van der Waals surface area contributed by atoms with E-state index < -0.39 is 6.04 Å². The van der Waals surface area contributed by atoms with Crippen LogP contribution in [0.4, 0.5) is 4.39 Å². The van der Waals surface area contributed by atoms with Gasteiger partial charge in [-0.25, -0.2) is 4.39 Å². The standard InChI is InChI=1S/C21H18ClFN2O3/c1-24(2)9-10-25-18(12-3-6-14(23)7-4-12)17-19(26)15-11-13(22)5-8-16(15)28-20(17)21(25)27/h3-8,11,18H,9-10H2,1-2H3. The van der Waals surface area contributed by atoms with Crippen LogP contribution in [0.2, 0.25) is 5.02 Å². The Balaban J connectivity index is 1.94. The maximum atomic E-state index is 13.4. The van der Waals surface area contributed by atoms with Gasteiger partial charge in [-0.3, -0.25) is 9.59 Å². The van der Waals surface area contributed by atoms with Crippen molar-refractivity contribution in [2.24, 2.45) is 0 Å².